The van der Waals surface area contributed by atoms with Crippen LogP contribution in [0, 0.1) is 0 Å². The van der Waals surface area contributed by atoms with E-state index in [1.54, 1.807) is 24.3 Å². The number of hydrogen-bond acceptors (Lipinski definition) is 6. The van der Waals surface area contributed by atoms with Gasteiger partial charge in [-0.15, -0.1) is 0 Å². The number of fused-ring (bicyclic) bond motifs is 1. The number of para-hydroxylation sites is 2. The minimum absolute atomic E-state index is 0.0486. The number of oxazole rings is 1. The molecule has 6 heteroatoms. The topological polar surface area (TPSA) is 70.8 Å². The molecule has 0 atom stereocenters. The first-order chi connectivity index (χ1) is 11.2. The van der Waals surface area contributed by atoms with Crippen LogP contribution in [0.2, 0.25) is 0 Å². The van der Waals surface area contributed by atoms with Crippen molar-refractivity contribution < 1.29 is 23.4 Å². The first-order valence-electron chi connectivity index (χ1n) is 6.94. The molecule has 0 fully saturated rings. The van der Waals surface area contributed by atoms with Crippen molar-refractivity contribution in [2.45, 2.75) is 6.61 Å². The van der Waals surface area contributed by atoms with Crippen molar-refractivity contribution in [1.29, 1.82) is 0 Å². The molecule has 1 aromatic heterocycles. The fourth-order valence-corrected chi connectivity index (χ4v) is 2.12. The molecule has 118 valence electrons. The summed E-state index contributed by atoms with van der Waals surface area (Å²) < 4.78 is 21.0. The van der Waals surface area contributed by atoms with Gasteiger partial charge in [0, 0.05) is 6.07 Å². The lowest BCUT2D eigenvalue weighted by Crippen LogP contribution is -2.06. The van der Waals surface area contributed by atoms with Crippen LogP contribution in [-0.4, -0.2) is 25.2 Å². The Bertz CT molecular complexity index is 785. The van der Waals surface area contributed by atoms with E-state index in [1.165, 1.54) is 14.2 Å². The van der Waals surface area contributed by atoms with Crippen LogP contribution in [0.4, 0.5) is 0 Å². The van der Waals surface area contributed by atoms with E-state index >= 15 is 0 Å². The summed E-state index contributed by atoms with van der Waals surface area (Å²) in [6, 6.07) is 12.2. The zero-order valence-electron chi connectivity index (χ0n) is 12.7. The molecule has 0 saturated heterocycles. The molecule has 0 aliphatic heterocycles. The number of methoxy groups -OCH3 is 2. The summed E-state index contributed by atoms with van der Waals surface area (Å²) in [5, 5.41) is 0. The number of esters is 1. The molecule has 0 bridgehead atoms. The summed E-state index contributed by atoms with van der Waals surface area (Å²) in [4.78, 5) is 16.4. The van der Waals surface area contributed by atoms with Crippen molar-refractivity contribution in [3.63, 3.8) is 0 Å². The Morgan fingerprint density at radius 3 is 2.43 bits per heavy atom. The maximum absolute atomic E-state index is 12.2. The molecule has 0 unspecified atom stereocenters. The molecule has 3 rings (SSSR count). The molecule has 0 radical (unpaired) electrons. The molecule has 1 heterocycles. The van der Waals surface area contributed by atoms with Gasteiger partial charge in [-0.3, -0.25) is 0 Å². The van der Waals surface area contributed by atoms with Crippen molar-refractivity contribution in [2.24, 2.45) is 0 Å². The summed E-state index contributed by atoms with van der Waals surface area (Å²) in [5.41, 5.74) is 1.71. The van der Waals surface area contributed by atoms with E-state index in [2.05, 4.69) is 4.98 Å². The van der Waals surface area contributed by atoms with Gasteiger partial charge < -0.3 is 18.6 Å². The maximum Gasteiger partial charge on any atom is 0.338 e. The zero-order valence-corrected chi connectivity index (χ0v) is 12.7. The molecular weight excluding hydrogens is 298 g/mol. The van der Waals surface area contributed by atoms with E-state index in [1.807, 2.05) is 18.2 Å². The van der Waals surface area contributed by atoms with Crippen molar-refractivity contribution in [3.05, 3.63) is 53.9 Å². The third-order valence-electron chi connectivity index (χ3n) is 3.25. The fraction of sp³-hybridized carbons (Fsp3) is 0.176. The number of ether oxygens (including phenoxy) is 3. The lowest BCUT2D eigenvalue weighted by Gasteiger charge is -2.07. The minimum atomic E-state index is -0.510. The van der Waals surface area contributed by atoms with Gasteiger partial charge in [-0.1, -0.05) is 12.1 Å². The van der Waals surface area contributed by atoms with Gasteiger partial charge in [0.25, 0.3) is 0 Å². The summed E-state index contributed by atoms with van der Waals surface area (Å²) in [6.45, 7) is -0.0486. The lowest BCUT2D eigenvalue weighted by atomic mass is 10.2. The molecule has 0 amide bonds. The molecule has 6 nitrogen and oxygen atoms in total. The van der Waals surface area contributed by atoms with Gasteiger partial charge >= 0.3 is 5.97 Å². The Hall–Kier alpha value is -3.02. The van der Waals surface area contributed by atoms with E-state index in [-0.39, 0.29) is 6.61 Å². The third kappa shape index (κ3) is 3.26. The van der Waals surface area contributed by atoms with E-state index in [0.717, 1.165) is 5.52 Å². The third-order valence-corrected chi connectivity index (χ3v) is 3.25. The number of aromatic nitrogens is 1. The molecular formula is C17H15NO5. The van der Waals surface area contributed by atoms with Gasteiger partial charge in [-0.25, -0.2) is 9.78 Å². The van der Waals surface area contributed by atoms with Crippen molar-refractivity contribution in [2.75, 3.05) is 14.2 Å². The van der Waals surface area contributed by atoms with Crippen LogP contribution < -0.4 is 9.47 Å². The molecule has 23 heavy (non-hydrogen) atoms. The molecule has 0 spiro atoms. The number of carbonyl (C=O) groups is 1. The van der Waals surface area contributed by atoms with Crippen LogP contribution >= 0.6 is 0 Å². The number of hydrogen-bond donors (Lipinski definition) is 0. The van der Waals surface area contributed by atoms with Gasteiger partial charge in [0.2, 0.25) is 5.89 Å². The van der Waals surface area contributed by atoms with Crippen LogP contribution in [-0.2, 0) is 11.3 Å². The number of rotatable bonds is 5. The highest BCUT2D eigenvalue weighted by atomic mass is 16.5. The largest absolute Gasteiger partial charge is 0.497 e. The average Bonchev–Trinajstić information content (AvgIpc) is 3.02. The summed E-state index contributed by atoms with van der Waals surface area (Å²) in [6.07, 6.45) is 0. The van der Waals surface area contributed by atoms with Crippen molar-refractivity contribution >= 4 is 17.1 Å². The summed E-state index contributed by atoms with van der Waals surface area (Å²) in [7, 11) is 3.03. The highest BCUT2D eigenvalue weighted by molar-refractivity contribution is 5.90. The minimum Gasteiger partial charge on any atom is -0.497 e. The quantitative estimate of drug-likeness (QED) is 0.674. The van der Waals surface area contributed by atoms with Crippen LogP contribution in [0.5, 0.6) is 11.5 Å². The van der Waals surface area contributed by atoms with Crippen LogP contribution in [0.15, 0.2) is 46.9 Å². The van der Waals surface area contributed by atoms with Gasteiger partial charge in [0.15, 0.2) is 12.2 Å². The van der Waals surface area contributed by atoms with Gasteiger partial charge in [0.05, 0.1) is 19.8 Å². The van der Waals surface area contributed by atoms with E-state index < -0.39 is 5.97 Å². The molecule has 0 aliphatic carbocycles. The van der Waals surface area contributed by atoms with Crippen molar-refractivity contribution in [1.82, 2.24) is 4.98 Å². The Morgan fingerprint density at radius 2 is 1.78 bits per heavy atom. The van der Waals surface area contributed by atoms with Gasteiger partial charge in [0.1, 0.15) is 17.0 Å². The number of benzene rings is 2. The Morgan fingerprint density at radius 1 is 1.09 bits per heavy atom. The summed E-state index contributed by atoms with van der Waals surface area (Å²) in [5.74, 6) is 0.857. The highest BCUT2D eigenvalue weighted by Gasteiger charge is 2.13. The normalized spacial score (nSPS) is 10.5. The smallest absolute Gasteiger partial charge is 0.338 e. The highest BCUT2D eigenvalue weighted by Crippen LogP contribution is 2.23. The molecule has 2 aromatic carbocycles. The second-order valence-corrected chi connectivity index (χ2v) is 4.75. The standard InChI is InChI=1S/C17H15NO5/c1-20-12-7-11(8-13(9-12)21-2)17(19)22-10-16-18-14-5-3-4-6-15(14)23-16/h3-9H,10H2,1-2H3. The van der Waals surface area contributed by atoms with E-state index in [9.17, 15) is 4.79 Å². The SMILES string of the molecule is COc1cc(OC)cc(C(=O)OCc2nc3ccccc3o2)c1. The maximum atomic E-state index is 12.2. The number of carbonyl (C=O) groups excluding carboxylic acids is 1. The zero-order chi connectivity index (χ0) is 16.2. The predicted molar refractivity (Wildman–Crippen MR) is 82.7 cm³/mol. The van der Waals surface area contributed by atoms with Crippen molar-refractivity contribution in [3.8, 4) is 11.5 Å². The molecule has 3 aromatic rings. The molecule has 0 N–H and O–H groups in total. The Balaban J connectivity index is 1.73. The monoisotopic (exact) mass is 313 g/mol. The Kier molecular flexibility index (Phi) is 4.14. The molecule has 0 aliphatic rings. The van der Waals surface area contributed by atoms with Crippen LogP contribution in [0.25, 0.3) is 11.1 Å². The first-order valence-corrected chi connectivity index (χ1v) is 6.94. The fourth-order valence-electron chi connectivity index (χ4n) is 2.12. The first kappa shape index (κ1) is 14.9. The molecule has 0 saturated carbocycles. The predicted octanol–water partition coefficient (Wildman–Crippen LogP) is 3.20. The second-order valence-electron chi connectivity index (χ2n) is 4.75. The average molecular weight is 313 g/mol. The Labute approximate surface area is 132 Å². The lowest BCUT2D eigenvalue weighted by molar-refractivity contribution is 0.0439. The van der Waals surface area contributed by atoms with E-state index in [0.29, 0.717) is 28.5 Å². The van der Waals surface area contributed by atoms with Gasteiger partial charge in [-0.2, -0.15) is 0 Å². The van der Waals surface area contributed by atoms with Crippen LogP contribution in [0.3, 0.4) is 0 Å². The van der Waals surface area contributed by atoms with Gasteiger partial charge in [-0.05, 0) is 24.3 Å². The van der Waals surface area contributed by atoms with E-state index in [4.69, 9.17) is 18.6 Å². The van der Waals surface area contributed by atoms with Crippen LogP contribution in [0.1, 0.15) is 16.2 Å². The second kappa shape index (κ2) is 6.39. The summed E-state index contributed by atoms with van der Waals surface area (Å²) >= 11 is 0. The number of nitrogens with zero attached hydrogens (tertiary/aromatic N) is 1.